The van der Waals surface area contributed by atoms with Gasteiger partial charge in [0.2, 0.25) is 0 Å². The highest BCUT2D eigenvalue weighted by Crippen LogP contribution is 2.34. The molecule has 1 saturated carbocycles. The molecule has 25 heavy (non-hydrogen) atoms. The summed E-state index contributed by atoms with van der Waals surface area (Å²) in [5.74, 6) is 1.59. The number of aliphatic hydroxyl groups is 1. The van der Waals surface area contributed by atoms with Crippen molar-refractivity contribution in [2.75, 3.05) is 26.2 Å². The summed E-state index contributed by atoms with van der Waals surface area (Å²) >= 11 is 0. The van der Waals surface area contributed by atoms with Crippen molar-refractivity contribution in [2.45, 2.75) is 44.2 Å². The van der Waals surface area contributed by atoms with Crippen LogP contribution in [0.2, 0.25) is 0 Å². The number of nitrogens with zero attached hydrogens (tertiary/aromatic N) is 1. The Morgan fingerprint density at radius 2 is 1.88 bits per heavy atom. The summed E-state index contributed by atoms with van der Waals surface area (Å²) in [6.07, 6.45) is 5.61. The first-order valence-electron chi connectivity index (χ1n) is 9.85. The van der Waals surface area contributed by atoms with Crippen LogP contribution in [0.3, 0.4) is 0 Å². The Bertz CT molecular complexity index is 559. The molecule has 4 nitrogen and oxygen atoms in total. The second-order valence-electron chi connectivity index (χ2n) is 8.14. The van der Waals surface area contributed by atoms with Gasteiger partial charge >= 0.3 is 0 Å². The monoisotopic (exact) mass is 347 g/mol. The van der Waals surface area contributed by atoms with Gasteiger partial charge in [-0.15, -0.1) is 0 Å². The van der Waals surface area contributed by atoms with Crippen LogP contribution in [0, 0.1) is 23.6 Å². The molecule has 0 amide bonds. The van der Waals surface area contributed by atoms with Gasteiger partial charge in [0.05, 0.1) is 6.10 Å². The maximum atomic E-state index is 13.1. The number of halogens is 1. The number of fused-ring (bicyclic) bond motifs is 1. The molecule has 138 valence electrons. The number of aliphatic hydroxyl groups excluding tert-OH is 1. The summed E-state index contributed by atoms with van der Waals surface area (Å²) in [7, 11) is 0. The Balaban J connectivity index is 1.28. The average Bonchev–Trinajstić information content (AvgIpc) is 3.12. The number of benzene rings is 1. The number of hydrogen-bond donors (Lipinski definition) is 3. The predicted molar refractivity (Wildman–Crippen MR) is 96.3 cm³/mol. The van der Waals surface area contributed by atoms with Crippen molar-refractivity contribution in [1.82, 2.24) is 15.8 Å². The number of likely N-dealkylation sites (tertiary alicyclic amines) is 1. The third-order valence-corrected chi connectivity index (χ3v) is 6.58. The fraction of sp³-hybridized carbons (Fsp3) is 0.700. The molecular weight excluding hydrogens is 317 g/mol. The molecule has 1 aliphatic carbocycles. The molecule has 0 radical (unpaired) electrons. The summed E-state index contributed by atoms with van der Waals surface area (Å²) in [5, 5.41) is 10.6. The summed E-state index contributed by atoms with van der Waals surface area (Å²) < 4.78 is 13.1. The van der Waals surface area contributed by atoms with Crippen molar-refractivity contribution < 1.29 is 9.50 Å². The largest absolute Gasteiger partial charge is 0.388 e. The van der Waals surface area contributed by atoms with Gasteiger partial charge in [0, 0.05) is 19.1 Å². The summed E-state index contributed by atoms with van der Waals surface area (Å²) in [4.78, 5) is 2.58. The van der Waals surface area contributed by atoms with E-state index in [1.807, 2.05) is 0 Å². The average molecular weight is 347 g/mol. The number of piperidine rings is 1. The van der Waals surface area contributed by atoms with Crippen LogP contribution in [0.1, 0.15) is 43.8 Å². The molecule has 2 aliphatic heterocycles. The van der Waals surface area contributed by atoms with Gasteiger partial charge in [0.15, 0.2) is 0 Å². The van der Waals surface area contributed by atoms with Crippen molar-refractivity contribution >= 4 is 0 Å². The van der Waals surface area contributed by atoms with Gasteiger partial charge in [-0.05, 0) is 74.2 Å². The first kappa shape index (κ1) is 17.4. The van der Waals surface area contributed by atoms with Crippen LogP contribution in [0.4, 0.5) is 4.39 Å². The highest BCUT2D eigenvalue weighted by atomic mass is 19.1. The number of hydrazine groups is 1. The third kappa shape index (κ3) is 3.90. The van der Waals surface area contributed by atoms with E-state index in [1.165, 1.54) is 37.9 Å². The van der Waals surface area contributed by atoms with Crippen LogP contribution in [0.5, 0.6) is 0 Å². The fourth-order valence-corrected chi connectivity index (χ4v) is 5.08. The zero-order valence-electron chi connectivity index (χ0n) is 14.8. The first-order valence-corrected chi connectivity index (χ1v) is 9.85. The number of hydrogen-bond acceptors (Lipinski definition) is 4. The van der Waals surface area contributed by atoms with Gasteiger partial charge in [-0.25, -0.2) is 4.39 Å². The molecule has 4 unspecified atom stereocenters. The maximum absolute atomic E-state index is 13.1. The first-order chi connectivity index (χ1) is 12.2. The highest BCUT2D eigenvalue weighted by Gasteiger charge is 2.37. The van der Waals surface area contributed by atoms with Crippen LogP contribution in [-0.2, 0) is 0 Å². The molecule has 2 saturated heterocycles. The van der Waals surface area contributed by atoms with Crippen LogP contribution >= 0.6 is 0 Å². The zero-order valence-corrected chi connectivity index (χ0v) is 14.8. The maximum Gasteiger partial charge on any atom is 0.123 e. The Kier molecular flexibility index (Phi) is 5.36. The van der Waals surface area contributed by atoms with Crippen LogP contribution in [-0.4, -0.2) is 42.2 Å². The molecule has 0 bridgehead atoms. The molecular formula is C20H30FN3O. The Labute approximate surface area is 149 Å². The third-order valence-electron chi connectivity index (χ3n) is 6.58. The van der Waals surface area contributed by atoms with Crippen LogP contribution in [0.25, 0.3) is 0 Å². The van der Waals surface area contributed by atoms with Gasteiger partial charge in [-0.2, -0.15) is 0 Å². The van der Waals surface area contributed by atoms with E-state index in [1.54, 1.807) is 12.1 Å². The van der Waals surface area contributed by atoms with Gasteiger partial charge in [0.25, 0.3) is 0 Å². The Morgan fingerprint density at radius 1 is 1.12 bits per heavy atom. The number of rotatable bonds is 4. The molecule has 3 fully saturated rings. The molecule has 0 spiro atoms. The molecule has 1 aromatic carbocycles. The Morgan fingerprint density at radius 3 is 2.64 bits per heavy atom. The van der Waals surface area contributed by atoms with Gasteiger partial charge in [0.1, 0.15) is 5.82 Å². The van der Waals surface area contributed by atoms with E-state index in [0.29, 0.717) is 6.04 Å². The lowest BCUT2D eigenvalue weighted by molar-refractivity contribution is 0.0479. The molecule has 1 aromatic rings. The minimum atomic E-state index is -0.470. The summed E-state index contributed by atoms with van der Waals surface area (Å²) in [6, 6.07) is 6.95. The zero-order chi connectivity index (χ0) is 17.2. The van der Waals surface area contributed by atoms with Crippen LogP contribution in [0.15, 0.2) is 24.3 Å². The SMILES string of the molecule is OC(c1ccc(F)cc1)C1CCN(CC2CCCC3CNNC32)CC1. The lowest BCUT2D eigenvalue weighted by atomic mass is 9.77. The summed E-state index contributed by atoms with van der Waals surface area (Å²) in [6.45, 7) is 4.41. The molecule has 5 heteroatoms. The van der Waals surface area contributed by atoms with E-state index in [2.05, 4.69) is 15.8 Å². The standard InChI is InChI=1S/C20H30FN3O/c21-18-6-4-14(5-7-18)20(25)15-8-10-24(11-9-15)13-17-3-1-2-16-12-22-23-19(16)17/h4-7,15-17,19-20,22-23,25H,1-3,8-13H2. The van der Waals surface area contributed by atoms with Crippen molar-refractivity contribution in [3.63, 3.8) is 0 Å². The van der Waals surface area contributed by atoms with Crippen molar-refractivity contribution in [3.8, 4) is 0 Å². The molecule has 0 aromatic heterocycles. The molecule has 4 atom stereocenters. The predicted octanol–water partition coefficient (Wildman–Crippen LogP) is 2.46. The Hall–Kier alpha value is -1.01. The van der Waals surface area contributed by atoms with E-state index in [9.17, 15) is 9.50 Å². The molecule has 3 N–H and O–H groups in total. The highest BCUT2D eigenvalue weighted by molar-refractivity contribution is 5.19. The normalized spacial score (nSPS) is 32.5. The quantitative estimate of drug-likeness (QED) is 0.783. The topological polar surface area (TPSA) is 47.5 Å². The van der Waals surface area contributed by atoms with Crippen molar-refractivity contribution in [3.05, 3.63) is 35.6 Å². The second kappa shape index (κ2) is 7.70. The van der Waals surface area contributed by atoms with E-state index in [-0.39, 0.29) is 11.7 Å². The molecule has 2 heterocycles. The van der Waals surface area contributed by atoms with Crippen molar-refractivity contribution in [1.29, 1.82) is 0 Å². The molecule has 3 aliphatic rings. The molecule has 4 rings (SSSR count). The van der Waals surface area contributed by atoms with Gasteiger partial charge < -0.3 is 10.0 Å². The number of nitrogens with one attached hydrogen (secondary N) is 2. The second-order valence-corrected chi connectivity index (χ2v) is 8.14. The van der Waals surface area contributed by atoms with E-state index >= 15 is 0 Å². The fourth-order valence-electron chi connectivity index (χ4n) is 5.08. The minimum absolute atomic E-state index is 0.244. The lowest BCUT2D eigenvalue weighted by Crippen LogP contribution is -2.47. The van der Waals surface area contributed by atoms with E-state index in [4.69, 9.17) is 0 Å². The van der Waals surface area contributed by atoms with E-state index < -0.39 is 6.10 Å². The smallest absolute Gasteiger partial charge is 0.123 e. The van der Waals surface area contributed by atoms with Gasteiger partial charge in [-0.1, -0.05) is 18.6 Å². The minimum Gasteiger partial charge on any atom is -0.388 e. The summed E-state index contributed by atoms with van der Waals surface area (Å²) in [5.41, 5.74) is 7.69. The lowest BCUT2D eigenvalue weighted by Gasteiger charge is -2.40. The van der Waals surface area contributed by atoms with Gasteiger partial charge in [-0.3, -0.25) is 10.9 Å². The van der Waals surface area contributed by atoms with Crippen LogP contribution < -0.4 is 10.9 Å². The van der Waals surface area contributed by atoms with E-state index in [0.717, 1.165) is 49.9 Å². The van der Waals surface area contributed by atoms with Crippen molar-refractivity contribution in [2.24, 2.45) is 17.8 Å².